The quantitative estimate of drug-likeness (QED) is 0.102. The molecule has 1 aromatic heterocycles. The van der Waals surface area contributed by atoms with E-state index < -0.39 is 25.8 Å². The summed E-state index contributed by atoms with van der Waals surface area (Å²) in [5.41, 5.74) is 5.57. The predicted molar refractivity (Wildman–Crippen MR) is 211 cm³/mol. The first kappa shape index (κ1) is 38.3. The number of rotatable bonds is 16. The molecule has 2 N–H and O–H groups in total. The van der Waals surface area contributed by atoms with Gasteiger partial charge < -0.3 is 9.67 Å². The Morgan fingerprint density at radius 1 is 0.736 bits per heavy atom. The number of carboxylic acid groups (broad SMARTS) is 1. The van der Waals surface area contributed by atoms with Crippen LogP contribution in [0.1, 0.15) is 46.0 Å². The number of fused-ring (bicyclic) bond motifs is 1. The minimum atomic E-state index is -3.79. The maximum atomic E-state index is 13.8. The molecule has 8 nitrogen and oxygen atoms in total. The van der Waals surface area contributed by atoms with Crippen molar-refractivity contribution in [1.82, 2.24) is 9.29 Å². The van der Waals surface area contributed by atoms with Crippen molar-refractivity contribution in [1.29, 1.82) is 0 Å². The van der Waals surface area contributed by atoms with Gasteiger partial charge in [0.25, 0.3) is 0 Å². The van der Waals surface area contributed by atoms with Crippen LogP contribution < -0.4 is 4.72 Å². The predicted octanol–water partition coefficient (Wildman–Crippen LogP) is 8.28. The first-order valence-electron chi connectivity index (χ1n) is 17.1. The number of nitrogens with one attached hydrogen (secondary N) is 1. The Hall–Kier alpha value is -4.45. The molecule has 0 spiro atoms. The van der Waals surface area contributed by atoms with Gasteiger partial charge in [-0.2, -0.15) is 0 Å². The molecule has 0 bridgehead atoms. The Kier molecular flexibility index (Phi) is 12.1. The highest BCUT2D eigenvalue weighted by Gasteiger charge is 2.27. The van der Waals surface area contributed by atoms with Crippen molar-refractivity contribution in [3.05, 3.63) is 171 Å². The maximum Gasteiger partial charge on any atom is 0.303 e. The van der Waals surface area contributed by atoms with Crippen molar-refractivity contribution in [2.75, 3.05) is 12.3 Å². The molecule has 0 aliphatic rings. The summed E-state index contributed by atoms with van der Waals surface area (Å²) >= 11 is 12.9. The summed E-state index contributed by atoms with van der Waals surface area (Å²) in [6.07, 6.45) is 0.624. The van der Waals surface area contributed by atoms with Crippen molar-refractivity contribution in [3.63, 3.8) is 0 Å². The third-order valence-corrected chi connectivity index (χ3v) is 12.9. The van der Waals surface area contributed by atoms with E-state index in [1.54, 1.807) is 42.5 Å². The van der Waals surface area contributed by atoms with Crippen LogP contribution in [0.3, 0.4) is 0 Å². The molecule has 12 heteroatoms. The molecule has 0 unspecified atom stereocenters. The fourth-order valence-corrected chi connectivity index (χ4v) is 9.57. The van der Waals surface area contributed by atoms with Gasteiger partial charge in [0, 0.05) is 46.0 Å². The van der Waals surface area contributed by atoms with Gasteiger partial charge in [0.2, 0.25) is 10.0 Å². The largest absolute Gasteiger partial charge is 0.481 e. The van der Waals surface area contributed by atoms with Gasteiger partial charge in [0.15, 0.2) is 9.84 Å². The SMILES string of the molecule is O=C(O)CCc1ccc(S(=O)(=O)CCc2c(CCNS(=O)(=O)Cc3ccccc3Cl)n(C(c3ccccc3)c3ccccc3)c3ccc(Cl)cc23)cc1. The highest BCUT2D eigenvalue weighted by Crippen LogP contribution is 2.38. The molecule has 0 saturated heterocycles. The van der Waals surface area contributed by atoms with Crippen molar-refractivity contribution in [2.24, 2.45) is 0 Å². The van der Waals surface area contributed by atoms with Gasteiger partial charge in [-0.15, -0.1) is 0 Å². The van der Waals surface area contributed by atoms with E-state index in [-0.39, 0.29) is 48.3 Å². The summed E-state index contributed by atoms with van der Waals surface area (Å²) in [7, 11) is -7.57. The van der Waals surface area contributed by atoms with Gasteiger partial charge in [0.05, 0.1) is 22.4 Å². The number of sulfonamides is 1. The number of carboxylic acids is 1. The lowest BCUT2D eigenvalue weighted by atomic mass is 9.97. The average Bonchev–Trinajstić information content (AvgIpc) is 3.43. The molecule has 5 aromatic carbocycles. The molecule has 0 aliphatic carbocycles. The van der Waals surface area contributed by atoms with E-state index in [9.17, 15) is 21.6 Å². The van der Waals surface area contributed by atoms with Gasteiger partial charge >= 0.3 is 5.97 Å². The van der Waals surface area contributed by atoms with Gasteiger partial charge in [0.1, 0.15) is 0 Å². The van der Waals surface area contributed by atoms with E-state index >= 15 is 0 Å². The molecule has 0 amide bonds. The fraction of sp³-hybridized carbons (Fsp3) is 0.195. The first-order chi connectivity index (χ1) is 25.4. The zero-order chi connectivity index (χ0) is 37.6. The third kappa shape index (κ3) is 9.38. The molecular weight excluding hydrogens is 751 g/mol. The van der Waals surface area contributed by atoms with Crippen LogP contribution in [0.4, 0.5) is 0 Å². The van der Waals surface area contributed by atoms with Gasteiger partial charge in [-0.3, -0.25) is 4.79 Å². The lowest BCUT2D eigenvalue weighted by molar-refractivity contribution is -0.136. The summed E-state index contributed by atoms with van der Waals surface area (Å²) in [5, 5.41) is 10.7. The molecule has 0 aliphatic heterocycles. The lowest BCUT2D eigenvalue weighted by Crippen LogP contribution is -2.28. The average molecular weight is 790 g/mol. The normalized spacial score (nSPS) is 12.1. The van der Waals surface area contributed by atoms with Gasteiger partial charge in [-0.05, 0) is 77.1 Å². The van der Waals surface area contributed by atoms with Crippen LogP contribution in [0.5, 0.6) is 0 Å². The topological polar surface area (TPSA) is 123 Å². The Labute approximate surface area is 320 Å². The van der Waals surface area contributed by atoms with Crippen molar-refractivity contribution in [2.45, 2.75) is 42.4 Å². The molecule has 0 saturated carbocycles. The number of hydrogen-bond acceptors (Lipinski definition) is 5. The molecule has 6 aromatic rings. The van der Waals surface area contributed by atoms with Crippen LogP contribution in [0.15, 0.2) is 132 Å². The number of hydrogen-bond donors (Lipinski definition) is 2. The number of carbonyl (C=O) groups is 1. The third-order valence-electron chi connectivity index (χ3n) is 9.19. The standard InChI is InChI=1S/C41H38Cl2N2O6S2/c42-33-18-21-38-36(27-33)35(24-26-52(48,49)34-19-15-29(16-20-34)17-22-40(46)47)39(23-25-44-53(50,51)28-32-13-7-8-14-37(32)43)45(38)41(30-9-3-1-4-10-30)31-11-5-2-6-12-31/h1-16,18-21,27,41,44H,17,22-26,28H2,(H,46,47). The molecule has 0 atom stereocenters. The Balaban J connectivity index is 1.42. The van der Waals surface area contributed by atoms with Crippen LogP contribution in [0, 0.1) is 0 Å². The smallest absolute Gasteiger partial charge is 0.303 e. The van der Waals surface area contributed by atoms with E-state index in [4.69, 9.17) is 28.3 Å². The summed E-state index contributed by atoms with van der Waals surface area (Å²) in [5.74, 6) is -1.44. The van der Waals surface area contributed by atoms with Crippen LogP contribution in [-0.4, -0.2) is 44.8 Å². The number of halogens is 2. The highest BCUT2D eigenvalue weighted by molar-refractivity contribution is 7.91. The van der Waals surface area contributed by atoms with Crippen molar-refractivity contribution >= 4 is 59.9 Å². The zero-order valence-corrected chi connectivity index (χ0v) is 31.8. The van der Waals surface area contributed by atoms with E-state index in [1.807, 2.05) is 72.8 Å². The monoisotopic (exact) mass is 788 g/mol. The minimum Gasteiger partial charge on any atom is -0.481 e. The molecular formula is C41H38Cl2N2O6S2. The van der Waals surface area contributed by atoms with Gasteiger partial charge in [-0.25, -0.2) is 21.6 Å². The maximum absolute atomic E-state index is 13.8. The Morgan fingerprint density at radius 2 is 1.36 bits per heavy atom. The Morgan fingerprint density at radius 3 is 1.98 bits per heavy atom. The summed E-state index contributed by atoms with van der Waals surface area (Å²) in [6.45, 7) is 0.0463. The van der Waals surface area contributed by atoms with Crippen LogP contribution >= 0.6 is 23.2 Å². The molecule has 1 heterocycles. The second-order valence-corrected chi connectivity index (χ2v) is 17.5. The number of benzene rings is 5. The number of aryl methyl sites for hydroxylation is 2. The second-order valence-electron chi connectivity index (χ2n) is 12.8. The van der Waals surface area contributed by atoms with Crippen molar-refractivity contribution < 1.29 is 26.7 Å². The molecule has 53 heavy (non-hydrogen) atoms. The van der Waals surface area contributed by atoms with E-state index in [0.717, 1.165) is 38.9 Å². The van der Waals surface area contributed by atoms with Crippen molar-refractivity contribution in [3.8, 4) is 0 Å². The van der Waals surface area contributed by atoms with Crippen LogP contribution in [0.2, 0.25) is 10.0 Å². The minimum absolute atomic E-state index is 0.0463. The van der Waals surface area contributed by atoms with E-state index in [2.05, 4.69) is 9.29 Å². The zero-order valence-electron chi connectivity index (χ0n) is 28.7. The van der Waals surface area contributed by atoms with Gasteiger partial charge in [-0.1, -0.05) is 114 Å². The molecule has 274 valence electrons. The molecule has 0 radical (unpaired) electrons. The first-order valence-corrected chi connectivity index (χ1v) is 21.1. The second kappa shape index (κ2) is 16.7. The number of aliphatic carboxylic acids is 1. The number of aromatic nitrogens is 1. The summed E-state index contributed by atoms with van der Waals surface area (Å²) < 4.78 is 59.2. The number of nitrogens with zero attached hydrogens (tertiary/aromatic N) is 1. The van der Waals surface area contributed by atoms with Crippen LogP contribution in [-0.2, 0) is 49.7 Å². The molecule has 6 rings (SSSR count). The highest BCUT2D eigenvalue weighted by atomic mass is 35.5. The fourth-order valence-electron chi connectivity index (χ4n) is 6.68. The lowest BCUT2D eigenvalue weighted by Gasteiger charge is -2.25. The van der Waals surface area contributed by atoms with Crippen LogP contribution in [0.25, 0.3) is 10.9 Å². The Bertz CT molecular complexity index is 2400. The van der Waals surface area contributed by atoms with E-state index in [1.165, 1.54) is 12.1 Å². The summed E-state index contributed by atoms with van der Waals surface area (Å²) in [6, 6.07) is 38.3. The molecule has 0 fully saturated rings. The number of sulfone groups is 1. The van der Waals surface area contributed by atoms with E-state index in [0.29, 0.717) is 22.0 Å². The summed E-state index contributed by atoms with van der Waals surface area (Å²) in [4.78, 5) is 11.2.